The number of aromatic nitrogens is 1. The number of nitrogens with zero attached hydrogens (tertiary/aromatic N) is 1. The maximum Gasteiger partial charge on any atom is 0.0713 e. The van der Waals surface area contributed by atoms with Crippen molar-refractivity contribution < 1.29 is 5.11 Å². The first-order valence-electron chi connectivity index (χ1n) is 5.12. The van der Waals surface area contributed by atoms with Crippen LogP contribution in [0.2, 0.25) is 0 Å². The summed E-state index contributed by atoms with van der Waals surface area (Å²) in [7, 11) is 0. The van der Waals surface area contributed by atoms with Gasteiger partial charge in [0, 0.05) is 18.3 Å². The summed E-state index contributed by atoms with van der Waals surface area (Å²) in [6.45, 7) is 4.39. The second kappa shape index (κ2) is 3.06. The van der Waals surface area contributed by atoms with Crippen LogP contribution in [-0.4, -0.2) is 15.7 Å². The van der Waals surface area contributed by atoms with E-state index in [1.165, 1.54) is 0 Å². The highest BCUT2D eigenvalue weighted by Gasteiger charge is 2.47. The van der Waals surface area contributed by atoms with Gasteiger partial charge in [0.25, 0.3) is 0 Å². The van der Waals surface area contributed by atoms with Crippen molar-refractivity contribution in [1.29, 1.82) is 0 Å². The van der Waals surface area contributed by atoms with Crippen LogP contribution in [0.25, 0.3) is 0 Å². The fourth-order valence-corrected chi connectivity index (χ4v) is 2.69. The van der Waals surface area contributed by atoms with Crippen molar-refractivity contribution in [2.45, 2.75) is 38.7 Å². The van der Waals surface area contributed by atoms with Crippen LogP contribution >= 0.6 is 0 Å². The topological polar surface area (TPSA) is 33.1 Å². The van der Waals surface area contributed by atoms with Crippen molar-refractivity contribution in [1.82, 2.24) is 4.98 Å². The van der Waals surface area contributed by atoms with Crippen LogP contribution in [0.5, 0.6) is 0 Å². The Labute approximate surface area is 85.0 Å². The van der Waals surface area contributed by atoms with Crippen molar-refractivity contribution >= 4 is 0 Å². The summed E-state index contributed by atoms with van der Waals surface area (Å²) in [5.74, 6) is 0. The lowest BCUT2D eigenvalue weighted by Crippen LogP contribution is -2.50. The Morgan fingerprint density at radius 1 is 1.36 bits per heavy atom. The second-order valence-corrected chi connectivity index (χ2v) is 5.24. The molecule has 1 saturated carbocycles. The molecule has 0 saturated heterocycles. The molecule has 76 valence electrons. The number of hydrogen-bond donors (Lipinski definition) is 1. The predicted octanol–water partition coefficient (Wildman–Crippen LogP) is 2.18. The first-order chi connectivity index (χ1) is 6.49. The van der Waals surface area contributed by atoms with Crippen molar-refractivity contribution in [3.05, 3.63) is 30.1 Å². The standard InChI is InChI=1S/C12H17NO/c1-11(2)8-12(14,9-11)7-10-5-3-4-6-13-10/h3-6,14H,7-9H2,1-2H3. The van der Waals surface area contributed by atoms with Crippen molar-refractivity contribution in [3.8, 4) is 0 Å². The lowest BCUT2D eigenvalue weighted by molar-refractivity contribution is -0.112. The van der Waals surface area contributed by atoms with E-state index in [9.17, 15) is 5.11 Å². The summed E-state index contributed by atoms with van der Waals surface area (Å²) < 4.78 is 0. The van der Waals surface area contributed by atoms with Crippen LogP contribution in [-0.2, 0) is 6.42 Å². The lowest BCUT2D eigenvalue weighted by Gasteiger charge is -2.49. The SMILES string of the molecule is CC1(C)CC(O)(Cc2ccccn2)C1. The minimum atomic E-state index is -0.502. The molecule has 0 bridgehead atoms. The maximum absolute atomic E-state index is 10.2. The van der Waals surface area contributed by atoms with Crippen LogP contribution in [0.4, 0.5) is 0 Å². The highest BCUT2D eigenvalue weighted by atomic mass is 16.3. The zero-order valence-electron chi connectivity index (χ0n) is 8.83. The Balaban J connectivity index is 2.00. The monoisotopic (exact) mass is 191 g/mol. The normalized spacial score (nSPS) is 22.8. The molecule has 14 heavy (non-hydrogen) atoms. The number of hydrogen-bond acceptors (Lipinski definition) is 2. The highest BCUT2D eigenvalue weighted by molar-refractivity contribution is 5.11. The van der Waals surface area contributed by atoms with Crippen LogP contribution < -0.4 is 0 Å². The van der Waals surface area contributed by atoms with Crippen molar-refractivity contribution in [3.63, 3.8) is 0 Å². The molecule has 2 nitrogen and oxygen atoms in total. The Morgan fingerprint density at radius 3 is 2.57 bits per heavy atom. The maximum atomic E-state index is 10.2. The van der Waals surface area contributed by atoms with Gasteiger partial charge in [0.15, 0.2) is 0 Å². The van der Waals surface area contributed by atoms with E-state index in [-0.39, 0.29) is 0 Å². The molecule has 2 heteroatoms. The Kier molecular flexibility index (Phi) is 2.11. The van der Waals surface area contributed by atoms with E-state index in [0.29, 0.717) is 11.8 Å². The summed E-state index contributed by atoms with van der Waals surface area (Å²) in [6.07, 6.45) is 4.24. The molecular formula is C12H17NO. The van der Waals surface area contributed by atoms with E-state index in [1.54, 1.807) is 6.20 Å². The molecule has 1 aliphatic rings. The van der Waals surface area contributed by atoms with Gasteiger partial charge >= 0.3 is 0 Å². The first-order valence-corrected chi connectivity index (χ1v) is 5.12. The minimum Gasteiger partial charge on any atom is -0.389 e. The molecule has 2 rings (SSSR count). The minimum absolute atomic E-state index is 0.309. The quantitative estimate of drug-likeness (QED) is 0.777. The molecule has 1 N–H and O–H groups in total. The third-order valence-electron chi connectivity index (χ3n) is 2.85. The van der Waals surface area contributed by atoms with E-state index >= 15 is 0 Å². The van der Waals surface area contributed by atoms with Crippen molar-refractivity contribution in [2.24, 2.45) is 5.41 Å². The summed E-state index contributed by atoms with van der Waals surface area (Å²) in [6, 6.07) is 5.84. The van der Waals surface area contributed by atoms with Gasteiger partial charge < -0.3 is 5.11 Å². The molecule has 0 aromatic carbocycles. The summed E-state index contributed by atoms with van der Waals surface area (Å²) in [4.78, 5) is 4.23. The van der Waals surface area contributed by atoms with Gasteiger partial charge in [0.05, 0.1) is 5.60 Å². The zero-order chi connectivity index (χ0) is 10.2. The van der Waals surface area contributed by atoms with Crippen LogP contribution in [0.15, 0.2) is 24.4 Å². The van der Waals surface area contributed by atoms with E-state index in [2.05, 4.69) is 18.8 Å². The molecule has 1 fully saturated rings. The fraction of sp³-hybridized carbons (Fsp3) is 0.583. The predicted molar refractivity (Wildman–Crippen MR) is 55.9 cm³/mol. The van der Waals surface area contributed by atoms with Gasteiger partial charge in [-0.25, -0.2) is 0 Å². The van der Waals surface area contributed by atoms with E-state index in [1.807, 2.05) is 18.2 Å². The highest BCUT2D eigenvalue weighted by Crippen LogP contribution is 2.48. The largest absolute Gasteiger partial charge is 0.389 e. The first kappa shape index (κ1) is 9.66. The smallest absolute Gasteiger partial charge is 0.0713 e. The molecule has 0 spiro atoms. The number of aliphatic hydroxyl groups is 1. The van der Waals surface area contributed by atoms with Crippen LogP contribution in [0.3, 0.4) is 0 Å². The molecule has 1 aromatic heterocycles. The van der Waals surface area contributed by atoms with Gasteiger partial charge in [0.2, 0.25) is 0 Å². The fourth-order valence-electron chi connectivity index (χ4n) is 2.69. The number of rotatable bonds is 2. The Hall–Kier alpha value is -0.890. The summed E-state index contributed by atoms with van der Waals surface area (Å²) >= 11 is 0. The van der Waals surface area contributed by atoms with Crippen molar-refractivity contribution in [2.75, 3.05) is 0 Å². The molecule has 1 aliphatic carbocycles. The van der Waals surface area contributed by atoms with Crippen LogP contribution in [0, 0.1) is 5.41 Å². The Morgan fingerprint density at radius 2 is 2.07 bits per heavy atom. The van der Waals surface area contributed by atoms with Gasteiger partial charge in [-0.05, 0) is 30.4 Å². The van der Waals surface area contributed by atoms with E-state index in [4.69, 9.17) is 0 Å². The molecule has 1 heterocycles. The lowest BCUT2D eigenvalue weighted by atomic mass is 9.60. The molecular weight excluding hydrogens is 174 g/mol. The van der Waals surface area contributed by atoms with E-state index in [0.717, 1.165) is 18.5 Å². The average Bonchev–Trinajstić information content (AvgIpc) is 2.01. The molecule has 0 atom stereocenters. The Bertz CT molecular complexity index is 310. The van der Waals surface area contributed by atoms with E-state index < -0.39 is 5.60 Å². The van der Waals surface area contributed by atoms with Gasteiger partial charge in [-0.15, -0.1) is 0 Å². The molecule has 1 aromatic rings. The third-order valence-corrected chi connectivity index (χ3v) is 2.85. The van der Waals surface area contributed by atoms with Gasteiger partial charge in [-0.1, -0.05) is 19.9 Å². The number of pyridine rings is 1. The molecule has 0 unspecified atom stereocenters. The van der Waals surface area contributed by atoms with Gasteiger partial charge in [-0.2, -0.15) is 0 Å². The van der Waals surface area contributed by atoms with Crippen LogP contribution in [0.1, 0.15) is 32.4 Å². The average molecular weight is 191 g/mol. The second-order valence-electron chi connectivity index (χ2n) is 5.24. The summed E-state index contributed by atoms with van der Waals surface area (Å²) in [5.41, 5.74) is 0.798. The molecule has 0 amide bonds. The molecule has 0 aliphatic heterocycles. The molecule has 0 radical (unpaired) electrons. The zero-order valence-corrected chi connectivity index (χ0v) is 8.83. The van der Waals surface area contributed by atoms with Gasteiger partial charge in [-0.3, -0.25) is 4.98 Å². The van der Waals surface area contributed by atoms with Gasteiger partial charge in [0.1, 0.15) is 0 Å². The third kappa shape index (κ3) is 1.95. The summed E-state index contributed by atoms with van der Waals surface area (Å²) in [5, 5.41) is 10.2.